The van der Waals surface area contributed by atoms with E-state index in [1.807, 2.05) is 0 Å². The van der Waals surface area contributed by atoms with E-state index in [4.69, 9.17) is 18.9 Å². The third kappa shape index (κ3) is 5.39. The van der Waals surface area contributed by atoms with Gasteiger partial charge in [0.25, 0.3) is 0 Å². The molecule has 2 aliphatic heterocycles. The summed E-state index contributed by atoms with van der Waals surface area (Å²) in [6.07, 6.45) is -0.816. The van der Waals surface area contributed by atoms with Gasteiger partial charge in [0, 0.05) is 12.8 Å². The molecule has 1 amide bonds. The number of anilines is 2. The lowest BCUT2D eigenvalue weighted by atomic mass is 9.91. The molecule has 244 valence electrons. The summed E-state index contributed by atoms with van der Waals surface area (Å²) in [7, 11) is 0. The Labute approximate surface area is 273 Å². The maximum atomic E-state index is 12.8. The van der Waals surface area contributed by atoms with Crippen LogP contribution in [0.5, 0.6) is 17.2 Å². The van der Waals surface area contributed by atoms with E-state index in [9.17, 15) is 19.8 Å². The first-order valence-electron chi connectivity index (χ1n) is 15.8. The van der Waals surface area contributed by atoms with E-state index in [0.717, 1.165) is 5.56 Å². The Bertz CT molecular complexity index is 2200. The SMILES string of the molecule is O=C(NCCOc1cccc2c1Nc1nc(=O)n([C@H]3C[C@@H](O)[C@@H](CO)O3)cc1O2)OCCc1ccc2ccc3cccc4ccc1c2c34. The van der Waals surface area contributed by atoms with Gasteiger partial charge in [-0.3, -0.25) is 4.57 Å². The molecule has 2 aliphatic rings. The van der Waals surface area contributed by atoms with E-state index in [0.29, 0.717) is 23.6 Å². The van der Waals surface area contributed by atoms with Crippen LogP contribution in [0.15, 0.2) is 83.8 Å². The summed E-state index contributed by atoms with van der Waals surface area (Å²) in [4.78, 5) is 29.4. The summed E-state index contributed by atoms with van der Waals surface area (Å²) >= 11 is 0. The van der Waals surface area contributed by atoms with E-state index in [-0.39, 0.29) is 44.4 Å². The number of rotatable bonds is 9. The molecule has 0 aliphatic carbocycles. The number of para-hydroxylation sites is 1. The molecule has 12 heteroatoms. The molecule has 1 aromatic heterocycles. The van der Waals surface area contributed by atoms with Gasteiger partial charge in [-0.25, -0.2) is 9.59 Å². The maximum Gasteiger partial charge on any atom is 0.407 e. The number of ether oxygens (including phenoxy) is 4. The highest BCUT2D eigenvalue weighted by Gasteiger charge is 2.36. The largest absolute Gasteiger partial charge is 0.489 e. The summed E-state index contributed by atoms with van der Waals surface area (Å²) in [6.45, 7) is 0.216. The summed E-state index contributed by atoms with van der Waals surface area (Å²) in [6, 6.07) is 24.4. The quantitative estimate of drug-likeness (QED) is 0.125. The van der Waals surface area contributed by atoms with E-state index >= 15 is 0 Å². The molecule has 3 heterocycles. The first kappa shape index (κ1) is 29.9. The molecule has 0 unspecified atom stereocenters. The lowest BCUT2D eigenvalue weighted by Gasteiger charge is -2.24. The first-order chi connectivity index (χ1) is 23.5. The molecule has 5 aromatic carbocycles. The topological polar surface area (TPSA) is 153 Å². The molecule has 0 spiro atoms. The van der Waals surface area contributed by atoms with Gasteiger partial charge in [0.1, 0.15) is 30.4 Å². The molecule has 12 nitrogen and oxygen atoms in total. The molecule has 1 saturated heterocycles. The number of carbonyl (C=O) groups excluding carboxylic acids is 1. The highest BCUT2D eigenvalue weighted by Crippen LogP contribution is 2.45. The second-order valence-electron chi connectivity index (χ2n) is 11.9. The van der Waals surface area contributed by atoms with Gasteiger partial charge in [-0.15, -0.1) is 0 Å². The fraction of sp³-hybridized carbons (Fsp3) is 0.250. The van der Waals surface area contributed by atoms with Crippen molar-refractivity contribution < 1.29 is 34.0 Å². The predicted molar refractivity (Wildman–Crippen MR) is 179 cm³/mol. The van der Waals surface area contributed by atoms with E-state index in [1.165, 1.54) is 43.1 Å². The number of alkyl carbamates (subject to hydrolysis) is 1. The zero-order chi connectivity index (χ0) is 32.8. The summed E-state index contributed by atoms with van der Waals surface area (Å²) in [5.41, 5.74) is 0.999. The standard InChI is InChI=1S/C36H32N4O8/c41-19-29-25(42)17-30(48-29)40-18-28-34(39-35(40)43)38-33-26(5-2-6-27(33)47-28)45-16-14-37-36(44)46-15-13-20-7-8-23-10-9-21-3-1-4-22-11-12-24(20)32(23)31(21)22/h1-12,18,25,29-30,41-42H,13-17,19H2,(H,37,44)(H,38,39,43)/t25-,29-,30-/m1/s1. The minimum absolute atomic E-state index is 0.135. The molecule has 1 fully saturated rings. The molecule has 0 bridgehead atoms. The highest BCUT2D eigenvalue weighted by atomic mass is 16.6. The number of aromatic nitrogens is 2. The number of amides is 1. The van der Waals surface area contributed by atoms with Crippen LogP contribution in [0, 0.1) is 0 Å². The van der Waals surface area contributed by atoms with Crippen molar-refractivity contribution in [1.29, 1.82) is 0 Å². The zero-order valence-electron chi connectivity index (χ0n) is 25.7. The van der Waals surface area contributed by atoms with Crippen molar-refractivity contribution in [2.24, 2.45) is 0 Å². The van der Waals surface area contributed by atoms with Crippen LogP contribution in [-0.2, 0) is 15.9 Å². The van der Waals surface area contributed by atoms with Crippen molar-refractivity contribution in [2.75, 3.05) is 31.7 Å². The average molecular weight is 649 g/mol. The highest BCUT2D eigenvalue weighted by molar-refractivity contribution is 6.23. The lowest BCUT2D eigenvalue weighted by Crippen LogP contribution is -2.29. The number of nitrogens with zero attached hydrogens (tertiary/aromatic N) is 2. The van der Waals surface area contributed by atoms with E-state index in [1.54, 1.807) is 18.2 Å². The van der Waals surface area contributed by atoms with Crippen LogP contribution in [0.4, 0.5) is 16.3 Å². The monoisotopic (exact) mass is 648 g/mol. The van der Waals surface area contributed by atoms with Gasteiger partial charge >= 0.3 is 11.8 Å². The van der Waals surface area contributed by atoms with Crippen molar-refractivity contribution in [3.63, 3.8) is 0 Å². The van der Waals surface area contributed by atoms with Gasteiger partial charge < -0.3 is 39.8 Å². The smallest absolute Gasteiger partial charge is 0.407 e. The fourth-order valence-corrected chi connectivity index (χ4v) is 6.58. The van der Waals surface area contributed by atoms with Crippen LogP contribution in [0.1, 0.15) is 18.2 Å². The first-order valence-corrected chi connectivity index (χ1v) is 15.8. The Morgan fingerprint density at radius 3 is 2.56 bits per heavy atom. The fourth-order valence-electron chi connectivity index (χ4n) is 6.58. The van der Waals surface area contributed by atoms with Crippen LogP contribution in [0.2, 0.25) is 0 Å². The van der Waals surface area contributed by atoms with Gasteiger partial charge in [0.15, 0.2) is 17.3 Å². The van der Waals surface area contributed by atoms with Crippen molar-refractivity contribution in [2.45, 2.75) is 31.3 Å². The van der Waals surface area contributed by atoms with Crippen LogP contribution >= 0.6 is 0 Å². The number of benzene rings is 5. The maximum absolute atomic E-state index is 12.8. The molecular weight excluding hydrogens is 616 g/mol. The molecule has 3 atom stereocenters. The van der Waals surface area contributed by atoms with E-state index in [2.05, 4.69) is 70.2 Å². The predicted octanol–water partition coefficient (Wildman–Crippen LogP) is 4.98. The van der Waals surface area contributed by atoms with E-state index < -0.39 is 30.2 Å². The number of aliphatic hydroxyl groups excluding tert-OH is 2. The molecule has 8 rings (SSSR count). The Morgan fingerprint density at radius 2 is 1.75 bits per heavy atom. The van der Waals surface area contributed by atoms with Crippen LogP contribution in [0.25, 0.3) is 32.3 Å². The Hall–Kier alpha value is -5.43. The Balaban J connectivity index is 0.855. The third-order valence-corrected chi connectivity index (χ3v) is 8.92. The second kappa shape index (κ2) is 12.3. The molecule has 0 saturated carbocycles. The number of hydrogen-bond acceptors (Lipinski definition) is 10. The number of hydrogen-bond donors (Lipinski definition) is 4. The van der Waals surface area contributed by atoms with Crippen molar-refractivity contribution >= 4 is 49.9 Å². The normalized spacial score (nSPS) is 18.3. The molecule has 4 N–H and O–H groups in total. The minimum atomic E-state index is -0.899. The lowest BCUT2D eigenvalue weighted by molar-refractivity contribution is -0.0459. The molecule has 6 aromatic rings. The van der Waals surface area contributed by atoms with Gasteiger partial charge in [-0.05, 0) is 50.0 Å². The van der Waals surface area contributed by atoms with Crippen LogP contribution in [-0.4, -0.2) is 64.4 Å². The number of aliphatic hydroxyl groups is 2. The average Bonchev–Trinajstić information content (AvgIpc) is 3.48. The Kier molecular flexibility index (Phi) is 7.67. The molecule has 0 radical (unpaired) electrons. The second-order valence-corrected chi connectivity index (χ2v) is 11.9. The van der Waals surface area contributed by atoms with Crippen LogP contribution < -0.4 is 25.8 Å². The van der Waals surface area contributed by atoms with Crippen LogP contribution in [0.3, 0.4) is 0 Å². The van der Waals surface area contributed by atoms with Crippen molar-refractivity contribution in [1.82, 2.24) is 14.9 Å². The Morgan fingerprint density at radius 1 is 0.979 bits per heavy atom. The van der Waals surface area contributed by atoms with Gasteiger partial charge in [-0.2, -0.15) is 4.98 Å². The van der Waals surface area contributed by atoms with Gasteiger partial charge in [0.05, 0.1) is 32.1 Å². The van der Waals surface area contributed by atoms with Crippen molar-refractivity contribution in [3.8, 4) is 17.2 Å². The number of carbonyl (C=O) groups is 1. The molecular formula is C36H32N4O8. The zero-order valence-corrected chi connectivity index (χ0v) is 25.7. The number of fused-ring (bicyclic) bond motifs is 2. The third-order valence-electron chi connectivity index (χ3n) is 8.92. The molecule has 48 heavy (non-hydrogen) atoms. The minimum Gasteiger partial charge on any atom is -0.489 e. The van der Waals surface area contributed by atoms with Crippen molar-refractivity contribution in [3.05, 3.63) is 95.0 Å². The summed E-state index contributed by atoms with van der Waals surface area (Å²) in [5, 5.41) is 32.6. The number of nitrogens with one attached hydrogen (secondary N) is 2. The summed E-state index contributed by atoms with van der Waals surface area (Å²) < 4.78 is 24.3. The van der Waals surface area contributed by atoms with Gasteiger partial charge in [-0.1, -0.05) is 60.7 Å². The summed E-state index contributed by atoms with van der Waals surface area (Å²) in [5.74, 6) is 1.38. The van der Waals surface area contributed by atoms with Gasteiger partial charge in [0.2, 0.25) is 0 Å².